The minimum absolute atomic E-state index is 0. The molecule has 0 saturated heterocycles. The van der Waals surface area contributed by atoms with Crippen LogP contribution in [-0.4, -0.2) is 28.1 Å². The molecular formula is H2KMgNO3. The van der Waals surface area contributed by atoms with Crippen LogP contribution in [0.1, 0.15) is 0 Å². The van der Waals surface area contributed by atoms with Crippen molar-refractivity contribution in [3.63, 3.8) is 0 Å². The van der Waals surface area contributed by atoms with Crippen molar-refractivity contribution in [2.24, 2.45) is 0 Å². The second kappa shape index (κ2) is 9.78. The first kappa shape index (κ1) is 15.6. The maximum Gasteiger partial charge on any atom is 1.00 e. The summed E-state index contributed by atoms with van der Waals surface area (Å²) in [5.74, 6) is 0. The Kier molecular flexibility index (Phi) is 25.5. The van der Waals surface area contributed by atoms with Gasteiger partial charge in [-0.25, -0.2) is 0 Å². The van der Waals surface area contributed by atoms with Gasteiger partial charge in [0.2, 0.25) is 0 Å². The summed E-state index contributed by atoms with van der Waals surface area (Å²) in [6, 6.07) is 0. The van der Waals surface area contributed by atoms with E-state index in [0.29, 0.717) is 0 Å². The fraction of sp³-hybridized carbons (Fsp3) is 0. The summed E-state index contributed by atoms with van der Waals surface area (Å²) in [6.07, 6.45) is 0. The predicted molar refractivity (Wildman–Crippen MR) is 18.9 cm³/mol. The Bertz CT molecular complexity index is 33.8. The SMILES string of the molecule is O=[N+]([O-])[O-].[K+].[MgH2]. The number of hydrogen-bond acceptors (Lipinski definition) is 3. The number of hydrogen-bond donors (Lipinski definition) is 0. The third-order valence-electron chi connectivity index (χ3n) is 0. The van der Waals surface area contributed by atoms with Gasteiger partial charge in [0.05, 0.1) is 5.09 Å². The number of rotatable bonds is 0. The second-order valence-electron chi connectivity index (χ2n) is 0.224. The van der Waals surface area contributed by atoms with E-state index in [0.717, 1.165) is 0 Å². The van der Waals surface area contributed by atoms with E-state index in [1.165, 1.54) is 0 Å². The molecule has 0 aromatic rings. The van der Waals surface area contributed by atoms with Crippen LogP contribution in [0.15, 0.2) is 0 Å². The first-order valence-electron chi connectivity index (χ1n) is 0.548. The van der Waals surface area contributed by atoms with Gasteiger partial charge >= 0.3 is 74.4 Å². The molecule has 0 N–H and O–H groups in total. The smallest absolute Gasteiger partial charge is 0.356 e. The molecule has 0 atom stereocenters. The van der Waals surface area contributed by atoms with Crippen molar-refractivity contribution in [2.75, 3.05) is 0 Å². The fourth-order valence-corrected chi connectivity index (χ4v) is 0. The largest absolute Gasteiger partial charge is 1.00 e. The third kappa shape index (κ3) is 46.2. The van der Waals surface area contributed by atoms with Crippen LogP contribution in [0.3, 0.4) is 0 Å². The molecule has 0 saturated carbocycles. The molecular weight excluding hydrogens is 125 g/mol. The maximum atomic E-state index is 8.25. The molecule has 0 aliphatic carbocycles. The first-order chi connectivity index (χ1) is 1.73. The van der Waals surface area contributed by atoms with Crippen LogP contribution in [0, 0.1) is 15.3 Å². The van der Waals surface area contributed by atoms with Crippen molar-refractivity contribution in [2.45, 2.75) is 0 Å². The Morgan fingerprint density at radius 3 is 1.33 bits per heavy atom. The molecule has 0 aliphatic heterocycles. The van der Waals surface area contributed by atoms with Gasteiger partial charge in [-0.2, -0.15) is 0 Å². The molecule has 0 bridgehead atoms. The average Bonchev–Trinajstić information content (AvgIpc) is 0.811. The minimum atomic E-state index is -1.75. The van der Waals surface area contributed by atoms with E-state index >= 15 is 0 Å². The molecule has 6 heavy (non-hydrogen) atoms. The molecule has 0 aliphatic rings. The van der Waals surface area contributed by atoms with Crippen molar-refractivity contribution in [3.8, 4) is 0 Å². The molecule has 0 aromatic heterocycles. The van der Waals surface area contributed by atoms with Gasteiger partial charge in [-0.3, -0.25) is 0 Å². The quantitative estimate of drug-likeness (QED) is 0.188. The average molecular weight is 127 g/mol. The summed E-state index contributed by atoms with van der Waals surface area (Å²) < 4.78 is 0. The third-order valence-corrected chi connectivity index (χ3v) is 0. The van der Waals surface area contributed by atoms with Crippen molar-refractivity contribution >= 4 is 23.1 Å². The van der Waals surface area contributed by atoms with Gasteiger partial charge in [0.1, 0.15) is 0 Å². The molecule has 28 valence electrons. The summed E-state index contributed by atoms with van der Waals surface area (Å²) >= 11 is 0. The van der Waals surface area contributed by atoms with Crippen LogP contribution in [0.25, 0.3) is 0 Å². The van der Waals surface area contributed by atoms with E-state index in [2.05, 4.69) is 0 Å². The van der Waals surface area contributed by atoms with Crippen LogP contribution >= 0.6 is 0 Å². The topological polar surface area (TPSA) is 66.2 Å². The van der Waals surface area contributed by atoms with Crippen molar-refractivity contribution in [1.29, 1.82) is 0 Å². The number of nitrogens with zero attached hydrogens (tertiary/aromatic N) is 1. The van der Waals surface area contributed by atoms with E-state index in [4.69, 9.17) is 15.3 Å². The summed E-state index contributed by atoms with van der Waals surface area (Å²) in [5.41, 5.74) is 0. The summed E-state index contributed by atoms with van der Waals surface area (Å²) in [5, 5.41) is 14.8. The molecule has 6 heteroatoms. The van der Waals surface area contributed by atoms with E-state index in [9.17, 15) is 0 Å². The fourth-order valence-electron chi connectivity index (χ4n) is 0. The molecule has 0 fully saturated rings. The van der Waals surface area contributed by atoms with Gasteiger partial charge in [0, 0.05) is 0 Å². The first-order valence-corrected chi connectivity index (χ1v) is 0.548. The zero-order chi connectivity index (χ0) is 3.58. The molecule has 0 radical (unpaired) electrons. The Morgan fingerprint density at radius 1 is 1.33 bits per heavy atom. The van der Waals surface area contributed by atoms with Crippen molar-refractivity contribution in [3.05, 3.63) is 15.3 Å². The predicted octanol–water partition coefficient (Wildman–Crippen LogP) is -4.15. The van der Waals surface area contributed by atoms with Gasteiger partial charge in [0.25, 0.3) is 0 Å². The second-order valence-corrected chi connectivity index (χ2v) is 0.224. The standard InChI is InChI=1S/K.Mg.NO3.2H/c;;2-1(3)4;;/q+1;;-1;;. The molecule has 0 heterocycles. The summed E-state index contributed by atoms with van der Waals surface area (Å²) in [6.45, 7) is 0. The van der Waals surface area contributed by atoms with E-state index in [-0.39, 0.29) is 74.4 Å². The van der Waals surface area contributed by atoms with E-state index < -0.39 is 5.09 Å². The van der Waals surface area contributed by atoms with Gasteiger partial charge < -0.3 is 15.3 Å². The summed E-state index contributed by atoms with van der Waals surface area (Å²) in [7, 11) is 0. The van der Waals surface area contributed by atoms with Gasteiger partial charge in [-0.05, 0) is 0 Å². The molecule has 0 aromatic carbocycles. The van der Waals surface area contributed by atoms with Crippen LogP contribution < -0.4 is 51.4 Å². The Labute approximate surface area is 93.0 Å². The zero-order valence-electron chi connectivity index (χ0n) is 2.67. The van der Waals surface area contributed by atoms with E-state index in [1.54, 1.807) is 0 Å². The Hall–Kier alpha value is 1.60. The summed E-state index contributed by atoms with van der Waals surface area (Å²) in [4.78, 5) is 8.25. The molecule has 4 nitrogen and oxygen atoms in total. The Morgan fingerprint density at radius 2 is 1.33 bits per heavy atom. The van der Waals surface area contributed by atoms with Crippen LogP contribution in [-0.2, 0) is 0 Å². The zero-order valence-corrected chi connectivity index (χ0v) is 5.80. The van der Waals surface area contributed by atoms with Gasteiger partial charge in [-0.1, -0.05) is 0 Å². The molecule has 0 spiro atoms. The van der Waals surface area contributed by atoms with Gasteiger partial charge in [-0.15, -0.1) is 0 Å². The molecule has 0 unspecified atom stereocenters. The van der Waals surface area contributed by atoms with E-state index in [1.807, 2.05) is 0 Å². The van der Waals surface area contributed by atoms with Crippen LogP contribution in [0.4, 0.5) is 0 Å². The monoisotopic (exact) mass is 127 g/mol. The van der Waals surface area contributed by atoms with Crippen LogP contribution in [0.5, 0.6) is 0 Å². The van der Waals surface area contributed by atoms with Crippen molar-refractivity contribution < 1.29 is 56.5 Å². The minimum Gasteiger partial charge on any atom is -0.356 e. The van der Waals surface area contributed by atoms with Crippen LogP contribution in [0.2, 0.25) is 0 Å². The van der Waals surface area contributed by atoms with Crippen molar-refractivity contribution in [1.82, 2.24) is 0 Å². The maximum absolute atomic E-state index is 8.25. The Balaban J connectivity index is -0.0000000450. The normalized spacial score (nSPS) is 4.00. The van der Waals surface area contributed by atoms with Gasteiger partial charge in [0.15, 0.2) is 0 Å². The molecule has 0 rings (SSSR count). The molecule has 0 amide bonds.